The van der Waals surface area contributed by atoms with Gasteiger partial charge in [0.2, 0.25) is 5.91 Å². The number of carbonyl (C=O) groups is 1. The Hall–Kier alpha value is -1.60. The lowest BCUT2D eigenvalue weighted by molar-refractivity contribution is -0.125. The van der Waals surface area contributed by atoms with Crippen molar-refractivity contribution in [3.8, 4) is 0 Å². The molecule has 0 bridgehead atoms. The fourth-order valence-corrected chi connectivity index (χ4v) is 1.79. The smallest absolute Gasteiger partial charge is 0.291 e. The molecule has 1 unspecified atom stereocenters. The summed E-state index contributed by atoms with van der Waals surface area (Å²) in [6.45, 7) is 0.390. The highest BCUT2D eigenvalue weighted by Crippen LogP contribution is 2.30. The molecule has 1 heterocycles. The fourth-order valence-electron chi connectivity index (χ4n) is 1.60. The Morgan fingerprint density at radius 3 is 2.95 bits per heavy atom. The molecule has 1 amide bonds. The molecule has 0 aromatic carbocycles. The van der Waals surface area contributed by atoms with Crippen LogP contribution in [0.25, 0.3) is 0 Å². The van der Waals surface area contributed by atoms with Gasteiger partial charge >= 0.3 is 0 Å². The van der Waals surface area contributed by atoms with E-state index in [1.807, 2.05) is 0 Å². The Kier molecular flexibility index (Phi) is 4.06. The number of anilines is 1. The van der Waals surface area contributed by atoms with Gasteiger partial charge in [-0.1, -0.05) is 11.6 Å². The van der Waals surface area contributed by atoms with E-state index in [1.165, 1.54) is 10.9 Å². The minimum absolute atomic E-state index is 0.123. The summed E-state index contributed by atoms with van der Waals surface area (Å²) in [4.78, 5) is 22.8. The number of amides is 1. The highest BCUT2D eigenvalue weighted by Gasteiger charge is 2.23. The third-order valence-corrected chi connectivity index (χ3v) is 3.21. The summed E-state index contributed by atoms with van der Waals surface area (Å²) >= 11 is 5.88. The molecule has 0 spiro atoms. The number of aliphatic hydroxyl groups is 1. The van der Waals surface area contributed by atoms with Crippen molar-refractivity contribution in [3.05, 3.63) is 21.6 Å². The highest BCUT2D eigenvalue weighted by molar-refractivity contribution is 6.33. The summed E-state index contributed by atoms with van der Waals surface area (Å²) in [5.41, 5.74) is 4.68. The van der Waals surface area contributed by atoms with Crippen molar-refractivity contribution in [3.63, 3.8) is 0 Å². The van der Waals surface area contributed by atoms with Crippen LogP contribution in [0.2, 0.25) is 5.02 Å². The second-order valence-electron chi connectivity index (χ2n) is 4.60. The van der Waals surface area contributed by atoms with Crippen LogP contribution in [0.3, 0.4) is 0 Å². The van der Waals surface area contributed by atoms with E-state index in [0.29, 0.717) is 12.5 Å². The summed E-state index contributed by atoms with van der Waals surface area (Å²) in [5, 5.41) is 16.0. The van der Waals surface area contributed by atoms with Gasteiger partial charge in [0.1, 0.15) is 11.8 Å². The number of nitrogens with zero attached hydrogens (tertiary/aromatic N) is 2. The zero-order valence-corrected chi connectivity index (χ0v) is 10.9. The minimum atomic E-state index is -1.37. The molecule has 1 aliphatic rings. The molecule has 7 nitrogen and oxygen atoms in total. The summed E-state index contributed by atoms with van der Waals surface area (Å²) < 4.78 is 1.34. The number of hydrogen-bond acceptors (Lipinski definition) is 5. The quantitative estimate of drug-likeness (QED) is 0.657. The number of aliphatic hydroxyl groups excluding tert-OH is 1. The first-order chi connectivity index (χ1) is 8.99. The summed E-state index contributed by atoms with van der Waals surface area (Å²) in [6, 6.07) is 0. The van der Waals surface area contributed by atoms with Gasteiger partial charge in [-0.05, 0) is 18.8 Å². The largest absolute Gasteiger partial charge is 0.381 e. The third kappa shape index (κ3) is 3.45. The maximum atomic E-state index is 12.1. The zero-order valence-electron chi connectivity index (χ0n) is 10.2. The second kappa shape index (κ2) is 5.58. The molecule has 1 atom stereocenters. The minimum Gasteiger partial charge on any atom is -0.381 e. The van der Waals surface area contributed by atoms with Crippen molar-refractivity contribution >= 4 is 23.2 Å². The number of carbonyl (C=O) groups excluding carboxylic acids is 1. The lowest BCUT2D eigenvalue weighted by atomic mass is 10.3. The molecule has 0 radical (unpaired) electrons. The van der Waals surface area contributed by atoms with Gasteiger partial charge < -0.3 is 16.2 Å². The van der Waals surface area contributed by atoms with E-state index in [1.54, 1.807) is 0 Å². The standard InChI is InChI=1S/C11H15ClN4O3/c12-7-3-15-16(5-6-1-2-6)11(19)9(7)14-4-8(17)10(13)18/h3,6,8,14,17H,1-2,4-5H2,(H2,13,18). The Balaban J connectivity index is 2.13. The predicted molar refractivity (Wildman–Crippen MR) is 69.9 cm³/mol. The molecule has 0 aliphatic heterocycles. The molecule has 19 heavy (non-hydrogen) atoms. The van der Waals surface area contributed by atoms with Crippen LogP contribution in [-0.2, 0) is 11.3 Å². The second-order valence-corrected chi connectivity index (χ2v) is 5.00. The molecule has 1 saturated carbocycles. The molecule has 1 aromatic rings. The van der Waals surface area contributed by atoms with Crippen LogP contribution in [0.5, 0.6) is 0 Å². The molecule has 4 N–H and O–H groups in total. The Labute approximate surface area is 114 Å². The molecule has 1 aliphatic carbocycles. The van der Waals surface area contributed by atoms with E-state index in [2.05, 4.69) is 10.4 Å². The van der Waals surface area contributed by atoms with Gasteiger partial charge in [-0.3, -0.25) is 9.59 Å². The first-order valence-corrected chi connectivity index (χ1v) is 6.33. The number of hydrogen-bond donors (Lipinski definition) is 3. The number of primary amides is 1. The monoisotopic (exact) mass is 286 g/mol. The number of nitrogens with one attached hydrogen (secondary N) is 1. The SMILES string of the molecule is NC(=O)C(O)CNc1c(Cl)cnn(CC2CC2)c1=O. The summed E-state index contributed by atoms with van der Waals surface area (Å²) in [6.07, 6.45) is 2.19. The van der Waals surface area contributed by atoms with E-state index in [9.17, 15) is 14.7 Å². The number of aromatic nitrogens is 2. The van der Waals surface area contributed by atoms with Crippen molar-refractivity contribution in [2.75, 3.05) is 11.9 Å². The van der Waals surface area contributed by atoms with E-state index >= 15 is 0 Å². The van der Waals surface area contributed by atoms with Crippen molar-refractivity contribution < 1.29 is 9.90 Å². The van der Waals surface area contributed by atoms with Gasteiger partial charge in [-0.15, -0.1) is 0 Å². The first-order valence-electron chi connectivity index (χ1n) is 5.96. The lowest BCUT2D eigenvalue weighted by Gasteiger charge is -2.12. The zero-order chi connectivity index (χ0) is 14.0. The van der Waals surface area contributed by atoms with Crippen LogP contribution in [-0.4, -0.2) is 33.4 Å². The molecular weight excluding hydrogens is 272 g/mol. The number of rotatable bonds is 6. The van der Waals surface area contributed by atoms with Crippen LogP contribution in [0.1, 0.15) is 12.8 Å². The van der Waals surface area contributed by atoms with Gasteiger partial charge in [0, 0.05) is 6.54 Å². The van der Waals surface area contributed by atoms with Gasteiger partial charge in [-0.2, -0.15) is 5.10 Å². The molecule has 1 fully saturated rings. The Morgan fingerprint density at radius 2 is 2.37 bits per heavy atom. The average Bonchev–Trinajstić information content (AvgIpc) is 3.16. The normalized spacial score (nSPS) is 16.1. The van der Waals surface area contributed by atoms with E-state index < -0.39 is 12.0 Å². The van der Waals surface area contributed by atoms with Gasteiger partial charge in [0.05, 0.1) is 17.8 Å². The van der Waals surface area contributed by atoms with Crippen molar-refractivity contribution in [1.82, 2.24) is 9.78 Å². The van der Waals surface area contributed by atoms with E-state index in [-0.39, 0.29) is 22.8 Å². The number of halogens is 1. The molecule has 0 saturated heterocycles. The van der Waals surface area contributed by atoms with Crippen LogP contribution >= 0.6 is 11.6 Å². The third-order valence-electron chi connectivity index (χ3n) is 2.93. The van der Waals surface area contributed by atoms with Crippen LogP contribution < -0.4 is 16.6 Å². The summed E-state index contributed by atoms with van der Waals surface area (Å²) in [7, 11) is 0. The van der Waals surface area contributed by atoms with E-state index in [0.717, 1.165) is 12.8 Å². The molecule has 1 aromatic heterocycles. The van der Waals surface area contributed by atoms with Crippen LogP contribution in [0.15, 0.2) is 11.0 Å². The van der Waals surface area contributed by atoms with Crippen molar-refractivity contribution in [2.45, 2.75) is 25.5 Å². The number of nitrogens with two attached hydrogens (primary N) is 1. The predicted octanol–water partition coefficient (Wildman–Crippen LogP) is -0.435. The molecule has 104 valence electrons. The van der Waals surface area contributed by atoms with E-state index in [4.69, 9.17) is 17.3 Å². The average molecular weight is 287 g/mol. The Morgan fingerprint density at radius 1 is 1.68 bits per heavy atom. The first kappa shape index (κ1) is 13.8. The fraction of sp³-hybridized carbons (Fsp3) is 0.545. The summed E-state index contributed by atoms with van der Waals surface area (Å²) in [5.74, 6) is -0.369. The maximum Gasteiger partial charge on any atom is 0.291 e. The lowest BCUT2D eigenvalue weighted by Crippen LogP contribution is -2.36. The molecule has 2 rings (SSSR count). The topological polar surface area (TPSA) is 110 Å². The maximum absolute atomic E-state index is 12.1. The van der Waals surface area contributed by atoms with Crippen molar-refractivity contribution in [1.29, 1.82) is 0 Å². The molecular formula is C11H15ClN4O3. The van der Waals surface area contributed by atoms with Gasteiger partial charge in [0.15, 0.2) is 0 Å². The van der Waals surface area contributed by atoms with Crippen LogP contribution in [0, 0.1) is 5.92 Å². The highest BCUT2D eigenvalue weighted by atomic mass is 35.5. The Bertz CT molecular complexity index is 541. The van der Waals surface area contributed by atoms with Gasteiger partial charge in [-0.25, -0.2) is 4.68 Å². The molecule has 8 heteroatoms. The van der Waals surface area contributed by atoms with Crippen LogP contribution in [0.4, 0.5) is 5.69 Å². The van der Waals surface area contributed by atoms with Gasteiger partial charge in [0.25, 0.3) is 5.56 Å². The van der Waals surface area contributed by atoms with Crippen molar-refractivity contribution in [2.24, 2.45) is 11.7 Å².